The molecule has 0 radical (unpaired) electrons. The zero-order chi connectivity index (χ0) is 21.4. The van der Waals surface area contributed by atoms with E-state index < -0.39 is 10.0 Å². The average molecular weight is 459 g/mol. The lowest BCUT2D eigenvalue weighted by atomic mass is 9.98. The Morgan fingerprint density at radius 2 is 1.97 bits per heavy atom. The van der Waals surface area contributed by atoms with Crippen molar-refractivity contribution in [2.45, 2.75) is 68.5 Å². The molecular weight excluding hydrogens is 428 g/mol. The molecule has 0 bridgehead atoms. The normalized spacial score (nSPS) is 20.4. The van der Waals surface area contributed by atoms with Crippen LogP contribution >= 0.6 is 11.6 Å². The molecule has 1 aromatic carbocycles. The van der Waals surface area contributed by atoms with Crippen molar-refractivity contribution in [1.29, 1.82) is 0 Å². The standard InChI is InChI=1S/C21H31ClN2O5S/c22-19-10-9-16(14-20(19)30(26,27)24-15-18-8-4-12-29-18)21(25)23-11-5-13-28-17-6-2-1-3-7-17/h9-10,14,17-18,24H,1-8,11-13,15H2,(H,23,25). The van der Waals surface area contributed by atoms with Crippen molar-refractivity contribution < 1.29 is 22.7 Å². The molecule has 2 aliphatic rings. The van der Waals surface area contributed by atoms with E-state index in [0.29, 0.717) is 32.3 Å². The molecule has 1 atom stereocenters. The lowest BCUT2D eigenvalue weighted by Crippen LogP contribution is -2.32. The van der Waals surface area contributed by atoms with Crippen molar-refractivity contribution in [2.75, 3.05) is 26.3 Å². The molecule has 1 heterocycles. The quantitative estimate of drug-likeness (QED) is 0.525. The molecule has 1 aliphatic heterocycles. The summed E-state index contributed by atoms with van der Waals surface area (Å²) in [5, 5.41) is 2.89. The first-order chi connectivity index (χ1) is 14.5. The Hall–Kier alpha value is -1.19. The monoisotopic (exact) mass is 458 g/mol. The van der Waals surface area contributed by atoms with Gasteiger partial charge in [-0.2, -0.15) is 0 Å². The highest BCUT2D eigenvalue weighted by Gasteiger charge is 2.23. The van der Waals surface area contributed by atoms with Crippen LogP contribution < -0.4 is 10.0 Å². The summed E-state index contributed by atoms with van der Waals surface area (Å²) >= 11 is 6.10. The molecule has 0 spiro atoms. The van der Waals surface area contributed by atoms with Crippen LogP contribution in [0.3, 0.4) is 0 Å². The van der Waals surface area contributed by atoms with E-state index in [1.807, 2.05) is 0 Å². The van der Waals surface area contributed by atoms with E-state index in [4.69, 9.17) is 21.1 Å². The molecule has 7 nitrogen and oxygen atoms in total. The number of carbonyl (C=O) groups excluding carboxylic acids is 1. The molecule has 1 saturated heterocycles. The molecule has 30 heavy (non-hydrogen) atoms. The summed E-state index contributed by atoms with van der Waals surface area (Å²) in [6, 6.07) is 4.27. The Balaban J connectivity index is 1.48. The van der Waals surface area contributed by atoms with E-state index in [9.17, 15) is 13.2 Å². The lowest BCUT2D eigenvalue weighted by Gasteiger charge is -2.21. The molecule has 1 aromatic rings. The van der Waals surface area contributed by atoms with Gasteiger partial charge in [0.2, 0.25) is 10.0 Å². The van der Waals surface area contributed by atoms with Gasteiger partial charge in [0.15, 0.2) is 0 Å². The predicted molar refractivity (Wildman–Crippen MR) is 115 cm³/mol. The summed E-state index contributed by atoms with van der Waals surface area (Å²) < 4.78 is 39.1. The fraction of sp³-hybridized carbons (Fsp3) is 0.667. The molecule has 3 rings (SSSR count). The van der Waals surface area contributed by atoms with Crippen molar-refractivity contribution in [3.05, 3.63) is 28.8 Å². The summed E-state index contributed by atoms with van der Waals surface area (Å²) in [4.78, 5) is 12.3. The highest BCUT2D eigenvalue weighted by Crippen LogP contribution is 2.23. The van der Waals surface area contributed by atoms with Crippen LogP contribution in [0.5, 0.6) is 0 Å². The molecule has 2 fully saturated rings. The fourth-order valence-corrected chi connectivity index (χ4v) is 5.38. The second kappa shape index (κ2) is 11.4. The van der Waals surface area contributed by atoms with Crippen molar-refractivity contribution in [3.63, 3.8) is 0 Å². The van der Waals surface area contributed by atoms with Gasteiger partial charge in [-0.3, -0.25) is 4.79 Å². The molecular formula is C21H31ClN2O5S. The van der Waals surface area contributed by atoms with Crippen LogP contribution in [0.4, 0.5) is 0 Å². The van der Waals surface area contributed by atoms with Crippen LogP contribution in [0.1, 0.15) is 61.7 Å². The second-order valence-corrected chi connectivity index (χ2v) is 10.0. The average Bonchev–Trinajstić information content (AvgIpc) is 3.27. The third-order valence-corrected chi connectivity index (χ3v) is 7.43. The lowest BCUT2D eigenvalue weighted by molar-refractivity contribution is 0.0273. The first kappa shape index (κ1) is 23.5. The highest BCUT2D eigenvalue weighted by atomic mass is 35.5. The maximum Gasteiger partial charge on any atom is 0.251 e. The third kappa shape index (κ3) is 6.92. The van der Waals surface area contributed by atoms with Crippen LogP contribution in [-0.2, 0) is 19.5 Å². The minimum absolute atomic E-state index is 0.0762. The van der Waals surface area contributed by atoms with Crippen LogP contribution in [0.25, 0.3) is 0 Å². The molecule has 1 amide bonds. The van der Waals surface area contributed by atoms with Crippen LogP contribution in [0, 0.1) is 0 Å². The van der Waals surface area contributed by atoms with Crippen molar-refractivity contribution in [3.8, 4) is 0 Å². The number of amides is 1. The number of nitrogens with one attached hydrogen (secondary N) is 2. The number of carbonyl (C=O) groups is 1. The topological polar surface area (TPSA) is 93.7 Å². The van der Waals surface area contributed by atoms with Gasteiger partial charge in [-0.25, -0.2) is 13.1 Å². The maximum absolute atomic E-state index is 12.6. The van der Waals surface area contributed by atoms with Gasteiger partial charge in [-0.1, -0.05) is 30.9 Å². The third-order valence-electron chi connectivity index (χ3n) is 5.52. The number of rotatable bonds is 10. The van der Waals surface area contributed by atoms with Gasteiger partial charge in [0.05, 0.1) is 17.2 Å². The highest BCUT2D eigenvalue weighted by molar-refractivity contribution is 7.89. The summed E-state index contributed by atoms with van der Waals surface area (Å²) in [6.45, 7) is 1.91. The predicted octanol–water partition coefficient (Wildman–Crippen LogP) is 3.27. The number of sulfonamides is 1. The Kier molecular flexibility index (Phi) is 8.95. The molecule has 9 heteroatoms. The molecule has 1 unspecified atom stereocenters. The Bertz CT molecular complexity index is 806. The molecule has 1 aliphatic carbocycles. The number of hydrogen-bond acceptors (Lipinski definition) is 5. The van der Waals surface area contributed by atoms with Gasteiger partial charge in [-0.15, -0.1) is 0 Å². The minimum atomic E-state index is -3.84. The Morgan fingerprint density at radius 1 is 1.17 bits per heavy atom. The number of benzene rings is 1. The molecule has 0 aromatic heterocycles. The molecule has 1 saturated carbocycles. The minimum Gasteiger partial charge on any atom is -0.378 e. The van der Waals surface area contributed by atoms with Gasteiger partial charge in [0.1, 0.15) is 4.90 Å². The van der Waals surface area contributed by atoms with Gasteiger partial charge >= 0.3 is 0 Å². The van der Waals surface area contributed by atoms with E-state index in [0.717, 1.165) is 25.7 Å². The zero-order valence-electron chi connectivity index (χ0n) is 17.2. The first-order valence-electron chi connectivity index (χ1n) is 10.8. The number of ether oxygens (including phenoxy) is 2. The van der Waals surface area contributed by atoms with Gasteiger partial charge < -0.3 is 14.8 Å². The van der Waals surface area contributed by atoms with E-state index in [2.05, 4.69) is 10.0 Å². The van der Waals surface area contributed by atoms with Crippen LogP contribution in [0.15, 0.2) is 23.1 Å². The summed E-state index contributed by atoms with van der Waals surface area (Å²) in [5.41, 5.74) is 0.255. The van der Waals surface area contributed by atoms with Crippen LogP contribution in [-0.4, -0.2) is 52.8 Å². The molecule has 2 N–H and O–H groups in total. The summed E-state index contributed by atoms with van der Waals surface area (Å²) in [5.74, 6) is -0.333. The second-order valence-electron chi connectivity index (χ2n) is 7.87. The molecule has 168 valence electrons. The maximum atomic E-state index is 12.6. The Labute approximate surface area is 183 Å². The fourth-order valence-electron chi connectivity index (χ4n) is 3.79. The smallest absolute Gasteiger partial charge is 0.251 e. The van der Waals surface area contributed by atoms with Crippen molar-refractivity contribution >= 4 is 27.5 Å². The van der Waals surface area contributed by atoms with Gasteiger partial charge in [-0.05, 0) is 50.3 Å². The van der Waals surface area contributed by atoms with Gasteiger partial charge in [0, 0.05) is 31.9 Å². The SMILES string of the molecule is O=C(NCCCOC1CCCCC1)c1ccc(Cl)c(S(=O)(=O)NCC2CCCO2)c1. The largest absolute Gasteiger partial charge is 0.378 e. The van der Waals surface area contributed by atoms with E-state index in [1.54, 1.807) is 0 Å². The van der Waals surface area contributed by atoms with E-state index in [1.165, 1.54) is 37.5 Å². The van der Waals surface area contributed by atoms with E-state index >= 15 is 0 Å². The number of halogens is 1. The zero-order valence-corrected chi connectivity index (χ0v) is 18.8. The summed E-state index contributed by atoms with van der Waals surface area (Å²) in [6.07, 6.45) is 8.67. The van der Waals surface area contributed by atoms with Crippen molar-refractivity contribution in [1.82, 2.24) is 10.0 Å². The van der Waals surface area contributed by atoms with Crippen molar-refractivity contribution in [2.24, 2.45) is 0 Å². The Morgan fingerprint density at radius 3 is 2.70 bits per heavy atom. The summed E-state index contributed by atoms with van der Waals surface area (Å²) in [7, 11) is -3.84. The first-order valence-corrected chi connectivity index (χ1v) is 12.6. The number of hydrogen-bond donors (Lipinski definition) is 2. The van der Waals surface area contributed by atoms with Gasteiger partial charge in [0.25, 0.3) is 5.91 Å². The van der Waals surface area contributed by atoms with E-state index in [-0.39, 0.29) is 34.0 Å². The van der Waals surface area contributed by atoms with Crippen LogP contribution in [0.2, 0.25) is 5.02 Å².